The van der Waals surface area contributed by atoms with Crippen LogP contribution in [0.3, 0.4) is 0 Å². The largest absolute Gasteiger partial charge is 0.488 e. The summed E-state index contributed by atoms with van der Waals surface area (Å²) in [7, 11) is 1.98. The van der Waals surface area contributed by atoms with Crippen molar-refractivity contribution in [2.75, 3.05) is 25.1 Å². The molecule has 2 aliphatic heterocycles. The molecule has 4 aromatic rings. The summed E-state index contributed by atoms with van der Waals surface area (Å²) in [5, 5.41) is 3.73. The second-order valence-electron chi connectivity index (χ2n) is 9.42. The first-order valence-corrected chi connectivity index (χ1v) is 12.2. The van der Waals surface area contributed by atoms with Crippen molar-refractivity contribution < 1.29 is 19.0 Å². The topological polar surface area (TPSA) is 87.5 Å². The molecule has 0 bridgehead atoms. The Balaban J connectivity index is 1.50. The van der Waals surface area contributed by atoms with Crippen LogP contribution in [0, 0.1) is 0 Å². The summed E-state index contributed by atoms with van der Waals surface area (Å²) in [5.41, 5.74) is 5.22. The summed E-state index contributed by atoms with van der Waals surface area (Å²) in [4.78, 5) is 21.2. The van der Waals surface area contributed by atoms with Gasteiger partial charge in [0.1, 0.15) is 23.8 Å². The first-order chi connectivity index (χ1) is 17.5. The lowest BCUT2D eigenvalue weighted by Crippen LogP contribution is -2.37. The molecule has 5 heterocycles. The predicted molar refractivity (Wildman–Crippen MR) is 136 cm³/mol. The Morgan fingerprint density at radius 3 is 2.86 bits per heavy atom. The van der Waals surface area contributed by atoms with Crippen LogP contribution in [0.5, 0.6) is 5.75 Å². The number of ether oxygens (including phenoxy) is 3. The molecule has 1 amide bonds. The molecule has 2 aliphatic rings. The van der Waals surface area contributed by atoms with Crippen molar-refractivity contribution in [3.8, 4) is 17.0 Å². The van der Waals surface area contributed by atoms with Crippen molar-refractivity contribution >= 4 is 22.6 Å². The summed E-state index contributed by atoms with van der Waals surface area (Å²) in [5.74, 6) is 1.16. The highest BCUT2D eigenvalue weighted by Gasteiger charge is 2.44. The fraction of sp³-hybridized carbons (Fsp3) is 0.321. The Kier molecular flexibility index (Phi) is 5.70. The molecule has 0 saturated carbocycles. The summed E-state index contributed by atoms with van der Waals surface area (Å²) in [6.07, 6.45) is 5.31. The van der Waals surface area contributed by atoms with Crippen LogP contribution >= 0.6 is 0 Å². The number of nitrogens with zero attached hydrogens (tertiary/aromatic N) is 3. The summed E-state index contributed by atoms with van der Waals surface area (Å²) >= 11 is 0. The predicted octanol–water partition coefficient (Wildman–Crippen LogP) is 4.36. The first-order valence-electron chi connectivity index (χ1n) is 12.2. The zero-order valence-electron chi connectivity index (χ0n) is 20.4. The lowest BCUT2D eigenvalue weighted by Gasteiger charge is -2.34. The maximum Gasteiger partial charge on any atom is 0.222 e. The van der Waals surface area contributed by atoms with E-state index in [4.69, 9.17) is 19.2 Å². The highest BCUT2D eigenvalue weighted by atomic mass is 16.6. The number of aromatic nitrogens is 3. The maximum absolute atomic E-state index is 11.6. The fourth-order valence-electron chi connectivity index (χ4n) is 5.16. The standard InChI is InChI=1S/C28H28N4O4/c1-18(33)30-26-12-21-22(15-32(2)24(21)14-29-26)23-13-25(35-16-19-6-4-3-5-7-19)20-8-10-36-28(27(20)31-23)9-11-34-17-28/h3-7,12-15H,8-11,16-17H2,1-2H3,(H,29,30,33). The van der Waals surface area contributed by atoms with Crippen LogP contribution in [-0.2, 0) is 39.9 Å². The van der Waals surface area contributed by atoms with Crippen molar-refractivity contribution in [3.63, 3.8) is 0 Å². The molecule has 1 N–H and O–H groups in total. The van der Waals surface area contributed by atoms with E-state index in [1.165, 1.54) is 6.92 Å². The van der Waals surface area contributed by atoms with E-state index in [1.54, 1.807) is 6.20 Å². The Morgan fingerprint density at radius 1 is 1.22 bits per heavy atom. The Hall–Kier alpha value is -3.75. The average Bonchev–Trinajstić information content (AvgIpc) is 3.48. The number of hydrogen-bond acceptors (Lipinski definition) is 6. The second-order valence-corrected chi connectivity index (χ2v) is 9.42. The molecule has 36 heavy (non-hydrogen) atoms. The molecule has 1 atom stereocenters. The van der Waals surface area contributed by atoms with Gasteiger partial charge in [0.2, 0.25) is 5.91 Å². The van der Waals surface area contributed by atoms with Gasteiger partial charge in [0.05, 0.1) is 36.3 Å². The smallest absolute Gasteiger partial charge is 0.222 e. The van der Waals surface area contributed by atoms with Gasteiger partial charge < -0.3 is 24.1 Å². The van der Waals surface area contributed by atoms with E-state index in [0.29, 0.717) is 32.2 Å². The van der Waals surface area contributed by atoms with Crippen LogP contribution in [0.4, 0.5) is 5.82 Å². The third kappa shape index (κ3) is 4.02. The van der Waals surface area contributed by atoms with Crippen LogP contribution in [0.15, 0.2) is 54.9 Å². The maximum atomic E-state index is 11.6. The van der Waals surface area contributed by atoms with Gasteiger partial charge in [0.15, 0.2) is 0 Å². The number of aryl methyl sites for hydroxylation is 1. The van der Waals surface area contributed by atoms with E-state index in [2.05, 4.69) is 22.4 Å². The number of pyridine rings is 2. The summed E-state index contributed by atoms with van der Waals surface area (Å²) in [6.45, 7) is 3.68. The van der Waals surface area contributed by atoms with Gasteiger partial charge in [-0.25, -0.2) is 9.97 Å². The first kappa shape index (κ1) is 22.7. The molecule has 184 valence electrons. The Labute approximate surface area is 209 Å². The van der Waals surface area contributed by atoms with E-state index in [1.807, 2.05) is 48.1 Å². The van der Waals surface area contributed by atoms with Gasteiger partial charge in [0.25, 0.3) is 0 Å². The van der Waals surface area contributed by atoms with E-state index < -0.39 is 5.60 Å². The van der Waals surface area contributed by atoms with E-state index in [-0.39, 0.29) is 5.91 Å². The molecule has 3 aromatic heterocycles. The monoisotopic (exact) mass is 484 g/mol. The SMILES string of the molecule is CC(=O)Nc1cc2c(-c3cc(OCc4ccccc4)c4c(n3)C3(CCOC3)OCC4)cn(C)c2cn1. The van der Waals surface area contributed by atoms with E-state index in [0.717, 1.165) is 57.6 Å². The molecule has 8 heteroatoms. The van der Waals surface area contributed by atoms with Crippen molar-refractivity contribution in [1.82, 2.24) is 14.5 Å². The Morgan fingerprint density at radius 2 is 2.08 bits per heavy atom. The van der Waals surface area contributed by atoms with Gasteiger partial charge in [-0.1, -0.05) is 30.3 Å². The molecule has 0 aliphatic carbocycles. The molecule has 1 spiro atoms. The van der Waals surface area contributed by atoms with Crippen molar-refractivity contribution in [2.24, 2.45) is 7.05 Å². The van der Waals surface area contributed by atoms with Gasteiger partial charge in [-0.2, -0.15) is 0 Å². The normalized spacial score (nSPS) is 18.9. The van der Waals surface area contributed by atoms with Crippen LogP contribution in [-0.4, -0.2) is 40.3 Å². The van der Waals surface area contributed by atoms with Gasteiger partial charge in [-0.15, -0.1) is 0 Å². The minimum Gasteiger partial charge on any atom is -0.488 e. The van der Waals surface area contributed by atoms with Gasteiger partial charge in [0, 0.05) is 62.2 Å². The Bertz CT molecular complexity index is 1440. The highest BCUT2D eigenvalue weighted by Crippen LogP contribution is 2.44. The number of amides is 1. The van der Waals surface area contributed by atoms with Crippen molar-refractivity contribution in [1.29, 1.82) is 0 Å². The zero-order valence-corrected chi connectivity index (χ0v) is 20.4. The zero-order chi connectivity index (χ0) is 24.7. The van der Waals surface area contributed by atoms with Crippen LogP contribution in [0.2, 0.25) is 0 Å². The van der Waals surface area contributed by atoms with Crippen molar-refractivity contribution in [2.45, 2.75) is 32.0 Å². The van der Waals surface area contributed by atoms with E-state index >= 15 is 0 Å². The molecule has 1 aromatic carbocycles. The molecule has 1 fully saturated rings. The van der Waals surface area contributed by atoms with Crippen LogP contribution < -0.4 is 10.1 Å². The second kappa shape index (κ2) is 9.04. The number of fused-ring (bicyclic) bond motifs is 3. The number of anilines is 1. The third-order valence-electron chi connectivity index (χ3n) is 6.92. The van der Waals surface area contributed by atoms with E-state index in [9.17, 15) is 4.79 Å². The van der Waals surface area contributed by atoms with Gasteiger partial charge in [-0.05, 0) is 11.6 Å². The molecule has 6 rings (SSSR count). The number of benzene rings is 1. The minimum atomic E-state index is -0.554. The summed E-state index contributed by atoms with van der Waals surface area (Å²) in [6, 6.07) is 14.1. The molecule has 1 unspecified atom stereocenters. The molecule has 1 saturated heterocycles. The van der Waals surface area contributed by atoms with Gasteiger partial charge >= 0.3 is 0 Å². The molecular formula is C28H28N4O4. The number of carbonyl (C=O) groups excluding carboxylic acids is 1. The minimum absolute atomic E-state index is 0.164. The van der Waals surface area contributed by atoms with Crippen LogP contribution in [0.1, 0.15) is 30.2 Å². The van der Waals surface area contributed by atoms with Crippen LogP contribution in [0.25, 0.3) is 22.2 Å². The highest BCUT2D eigenvalue weighted by molar-refractivity contribution is 5.98. The number of nitrogens with one attached hydrogen (secondary N) is 1. The summed E-state index contributed by atoms with van der Waals surface area (Å²) < 4.78 is 20.5. The lowest BCUT2D eigenvalue weighted by atomic mass is 9.89. The van der Waals surface area contributed by atoms with Crippen molar-refractivity contribution in [3.05, 3.63) is 71.7 Å². The molecule has 0 radical (unpaired) electrons. The third-order valence-corrected chi connectivity index (χ3v) is 6.92. The quantitative estimate of drug-likeness (QED) is 0.453. The average molecular weight is 485 g/mol. The fourth-order valence-corrected chi connectivity index (χ4v) is 5.16. The number of carbonyl (C=O) groups is 1. The van der Waals surface area contributed by atoms with Gasteiger partial charge in [-0.3, -0.25) is 4.79 Å². The lowest BCUT2D eigenvalue weighted by molar-refractivity contribution is -0.114. The number of hydrogen-bond donors (Lipinski definition) is 1. The molecule has 8 nitrogen and oxygen atoms in total. The molecular weight excluding hydrogens is 456 g/mol. The number of rotatable bonds is 5.